The number of rotatable bonds is 0. The fraction of sp³-hybridized carbons (Fsp3) is 0.222. The molecule has 0 unspecified atom stereocenters. The Kier molecular flexibility index (Phi) is 1.66. The molecule has 0 saturated carbocycles. The van der Waals surface area contributed by atoms with E-state index < -0.39 is 0 Å². The van der Waals surface area contributed by atoms with Gasteiger partial charge in [-0.05, 0) is 17.7 Å². The average Bonchev–Trinajstić information content (AvgIpc) is 2.07. The number of ketones is 1. The lowest BCUT2D eigenvalue weighted by atomic mass is 10.0. The maximum Gasteiger partial charge on any atom is 0.188 e. The van der Waals surface area contributed by atoms with Gasteiger partial charge >= 0.3 is 0 Å². The van der Waals surface area contributed by atoms with Crippen LogP contribution < -0.4 is 0 Å². The second kappa shape index (κ2) is 2.68. The summed E-state index contributed by atoms with van der Waals surface area (Å²) in [7, 11) is 0. The van der Waals surface area contributed by atoms with Gasteiger partial charge in [-0.2, -0.15) is 0 Å². The van der Waals surface area contributed by atoms with E-state index in [1.807, 2.05) is 0 Å². The molecule has 3 heteroatoms. The van der Waals surface area contributed by atoms with Crippen molar-refractivity contribution in [1.82, 2.24) is 0 Å². The van der Waals surface area contributed by atoms with Crippen molar-refractivity contribution in [3.63, 3.8) is 0 Å². The number of ether oxygens (including phenoxy) is 1. The van der Waals surface area contributed by atoms with E-state index in [1.54, 1.807) is 6.07 Å². The van der Waals surface area contributed by atoms with E-state index in [0.29, 0.717) is 12.2 Å². The van der Waals surface area contributed by atoms with Crippen molar-refractivity contribution in [2.24, 2.45) is 0 Å². The highest BCUT2D eigenvalue weighted by atomic mass is 19.1. The van der Waals surface area contributed by atoms with Crippen molar-refractivity contribution in [2.75, 3.05) is 6.61 Å². The summed E-state index contributed by atoms with van der Waals surface area (Å²) in [5, 5.41) is 0. The SMILES string of the molecule is O=C1COCc2ccc(F)cc21. The Balaban J connectivity index is 2.54. The molecule has 1 heterocycles. The Morgan fingerprint density at radius 3 is 3.00 bits per heavy atom. The van der Waals surface area contributed by atoms with Gasteiger partial charge in [-0.25, -0.2) is 4.39 Å². The number of Topliss-reactive ketones (excluding diaryl/α,β-unsaturated/α-hetero) is 1. The molecule has 1 aliphatic heterocycles. The van der Waals surface area contributed by atoms with E-state index in [1.165, 1.54) is 12.1 Å². The van der Waals surface area contributed by atoms with Gasteiger partial charge in [-0.15, -0.1) is 0 Å². The molecule has 0 aromatic heterocycles. The van der Waals surface area contributed by atoms with Gasteiger partial charge in [0.2, 0.25) is 0 Å². The third-order valence-electron chi connectivity index (χ3n) is 1.86. The van der Waals surface area contributed by atoms with E-state index >= 15 is 0 Å². The van der Waals surface area contributed by atoms with Crippen LogP contribution in [0.5, 0.6) is 0 Å². The van der Waals surface area contributed by atoms with Crippen molar-refractivity contribution in [3.05, 3.63) is 35.1 Å². The molecular weight excluding hydrogens is 159 g/mol. The number of carbonyl (C=O) groups is 1. The molecule has 1 aliphatic rings. The van der Waals surface area contributed by atoms with Gasteiger partial charge in [-0.1, -0.05) is 6.07 Å². The Hall–Kier alpha value is -1.22. The largest absolute Gasteiger partial charge is 0.369 e. The molecule has 2 nitrogen and oxygen atoms in total. The summed E-state index contributed by atoms with van der Waals surface area (Å²) in [6.45, 7) is 0.470. The van der Waals surface area contributed by atoms with Crippen molar-refractivity contribution in [3.8, 4) is 0 Å². The molecule has 1 aromatic carbocycles. The first kappa shape index (κ1) is 7.43. The normalized spacial score (nSPS) is 15.9. The van der Waals surface area contributed by atoms with Crippen LogP contribution in [0.3, 0.4) is 0 Å². The lowest BCUT2D eigenvalue weighted by Crippen LogP contribution is -2.18. The van der Waals surface area contributed by atoms with E-state index in [2.05, 4.69) is 0 Å². The maximum atomic E-state index is 12.7. The quantitative estimate of drug-likeness (QED) is 0.584. The number of fused-ring (bicyclic) bond motifs is 1. The fourth-order valence-electron chi connectivity index (χ4n) is 1.27. The summed E-state index contributed by atoms with van der Waals surface area (Å²) in [6, 6.07) is 4.18. The fourth-order valence-corrected chi connectivity index (χ4v) is 1.27. The molecule has 62 valence electrons. The Morgan fingerprint density at radius 1 is 1.33 bits per heavy atom. The lowest BCUT2D eigenvalue weighted by molar-refractivity contribution is 0.0664. The summed E-state index contributed by atoms with van der Waals surface area (Å²) < 4.78 is 17.7. The minimum atomic E-state index is -0.371. The third-order valence-corrected chi connectivity index (χ3v) is 1.86. The highest BCUT2D eigenvalue weighted by Crippen LogP contribution is 2.17. The topological polar surface area (TPSA) is 26.3 Å². The molecule has 0 spiro atoms. The molecule has 0 amide bonds. The second-order valence-corrected chi connectivity index (χ2v) is 2.72. The number of hydrogen-bond donors (Lipinski definition) is 0. The van der Waals surface area contributed by atoms with Crippen LogP contribution >= 0.6 is 0 Å². The molecule has 2 rings (SSSR count). The van der Waals surface area contributed by atoms with Gasteiger partial charge in [-0.3, -0.25) is 4.79 Å². The van der Waals surface area contributed by atoms with Crippen molar-refractivity contribution in [2.45, 2.75) is 6.61 Å². The smallest absolute Gasteiger partial charge is 0.188 e. The maximum absolute atomic E-state index is 12.7. The van der Waals surface area contributed by atoms with Crippen molar-refractivity contribution in [1.29, 1.82) is 0 Å². The molecular formula is C9H7FO2. The average molecular weight is 166 g/mol. The molecule has 0 aliphatic carbocycles. The zero-order valence-corrected chi connectivity index (χ0v) is 6.34. The minimum Gasteiger partial charge on any atom is -0.369 e. The molecule has 0 N–H and O–H groups in total. The summed E-state index contributed by atoms with van der Waals surface area (Å²) >= 11 is 0. The third kappa shape index (κ3) is 1.12. The highest BCUT2D eigenvalue weighted by molar-refractivity contribution is 5.99. The van der Waals surface area contributed by atoms with Gasteiger partial charge in [0.05, 0.1) is 6.61 Å². The van der Waals surface area contributed by atoms with Crippen LogP contribution in [0.1, 0.15) is 15.9 Å². The number of halogens is 1. The lowest BCUT2D eigenvalue weighted by Gasteiger charge is -2.14. The minimum absolute atomic E-state index is 0.0659. The summed E-state index contributed by atoms with van der Waals surface area (Å²) in [4.78, 5) is 11.1. The van der Waals surface area contributed by atoms with E-state index in [0.717, 1.165) is 5.56 Å². The monoisotopic (exact) mass is 166 g/mol. The van der Waals surface area contributed by atoms with Crippen LogP contribution in [0, 0.1) is 5.82 Å². The number of benzene rings is 1. The molecule has 0 fully saturated rings. The highest BCUT2D eigenvalue weighted by Gasteiger charge is 2.17. The van der Waals surface area contributed by atoms with Crippen LogP contribution in [0.25, 0.3) is 0 Å². The molecule has 12 heavy (non-hydrogen) atoms. The first-order chi connectivity index (χ1) is 5.77. The zero-order valence-electron chi connectivity index (χ0n) is 6.34. The first-order valence-corrected chi connectivity index (χ1v) is 3.67. The summed E-state index contributed by atoms with van der Waals surface area (Å²) in [5.41, 5.74) is 1.23. The summed E-state index contributed by atoms with van der Waals surface area (Å²) in [5.74, 6) is -0.514. The van der Waals surface area contributed by atoms with Crippen LogP contribution in [0.2, 0.25) is 0 Å². The molecule has 0 bridgehead atoms. The first-order valence-electron chi connectivity index (χ1n) is 3.67. The van der Waals surface area contributed by atoms with E-state index in [4.69, 9.17) is 4.74 Å². The Morgan fingerprint density at radius 2 is 2.17 bits per heavy atom. The number of hydrogen-bond acceptors (Lipinski definition) is 2. The van der Waals surface area contributed by atoms with Crippen LogP contribution in [-0.2, 0) is 11.3 Å². The van der Waals surface area contributed by atoms with Gasteiger partial charge < -0.3 is 4.74 Å². The predicted octanol–water partition coefficient (Wildman–Crippen LogP) is 1.54. The van der Waals surface area contributed by atoms with Gasteiger partial charge in [0.25, 0.3) is 0 Å². The zero-order chi connectivity index (χ0) is 8.55. The van der Waals surface area contributed by atoms with Crippen LogP contribution in [0.15, 0.2) is 18.2 Å². The predicted molar refractivity (Wildman–Crippen MR) is 40.4 cm³/mol. The number of carbonyl (C=O) groups excluding carboxylic acids is 1. The van der Waals surface area contributed by atoms with Crippen LogP contribution in [-0.4, -0.2) is 12.4 Å². The van der Waals surface area contributed by atoms with Gasteiger partial charge in [0.15, 0.2) is 5.78 Å². The molecule has 0 saturated heterocycles. The Labute approximate surface area is 69.0 Å². The molecule has 0 atom stereocenters. The van der Waals surface area contributed by atoms with E-state index in [-0.39, 0.29) is 18.2 Å². The Bertz CT molecular complexity index is 333. The molecule has 1 aromatic rings. The summed E-state index contributed by atoms with van der Waals surface area (Å²) in [6.07, 6.45) is 0. The van der Waals surface area contributed by atoms with E-state index in [9.17, 15) is 9.18 Å². The standard InChI is InChI=1S/C9H7FO2/c10-7-2-1-6-4-12-5-9(11)8(6)3-7/h1-3H,4-5H2. The van der Waals surface area contributed by atoms with Gasteiger partial charge in [0.1, 0.15) is 12.4 Å². The second-order valence-electron chi connectivity index (χ2n) is 2.72. The van der Waals surface area contributed by atoms with Gasteiger partial charge in [0, 0.05) is 5.56 Å². The molecule has 0 radical (unpaired) electrons. The van der Waals surface area contributed by atoms with Crippen LogP contribution in [0.4, 0.5) is 4.39 Å². The van der Waals surface area contributed by atoms with Crippen molar-refractivity contribution >= 4 is 5.78 Å². The van der Waals surface area contributed by atoms with Crippen molar-refractivity contribution < 1.29 is 13.9 Å².